The first-order valence-electron chi connectivity index (χ1n) is 12.7. The Kier molecular flexibility index (Phi) is 6.95. The van der Waals surface area contributed by atoms with Crippen LogP contribution in [0.5, 0.6) is 0 Å². The van der Waals surface area contributed by atoms with Crippen molar-refractivity contribution in [1.29, 1.82) is 0 Å². The summed E-state index contributed by atoms with van der Waals surface area (Å²) in [5, 5.41) is 7.50. The molecule has 1 aliphatic carbocycles. The van der Waals surface area contributed by atoms with Crippen LogP contribution in [0, 0.1) is 5.92 Å². The van der Waals surface area contributed by atoms with E-state index in [9.17, 15) is 0 Å². The fraction of sp³-hybridized carbons (Fsp3) is 0.577. The second-order valence-corrected chi connectivity index (χ2v) is 10.4. The second kappa shape index (κ2) is 10.2. The third kappa shape index (κ3) is 5.57. The van der Waals surface area contributed by atoms with Crippen molar-refractivity contribution in [3.63, 3.8) is 0 Å². The van der Waals surface area contributed by atoms with Gasteiger partial charge in [-0.15, -0.1) is 0 Å². The van der Waals surface area contributed by atoms with Gasteiger partial charge in [0.15, 0.2) is 5.11 Å². The highest BCUT2D eigenvalue weighted by atomic mass is 32.1. The third-order valence-electron chi connectivity index (χ3n) is 7.26. The van der Waals surface area contributed by atoms with Crippen molar-refractivity contribution in [2.75, 3.05) is 28.2 Å². The first kappa shape index (κ1) is 22.4. The maximum absolute atomic E-state index is 5.68. The molecule has 0 bridgehead atoms. The first-order chi connectivity index (χ1) is 16.1. The average Bonchev–Trinajstić information content (AvgIpc) is 3.09. The van der Waals surface area contributed by atoms with Crippen molar-refractivity contribution in [2.24, 2.45) is 5.92 Å². The molecule has 2 aliphatic heterocycles. The minimum atomic E-state index is 0.450. The predicted molar refractivity (Wildman–Crippen MR) is 140 cm³/mol. The van der Waals surface area contributed by atoms with E-state index < -0.39 is 0 Å². The van der Waals surface area contributed by atoms with Crippen molar-refractivity contribution >= 4 is 34.9 Å². The van der Waals surface area contributed by atoms with Gasteiger partial charge in [0.1, 0.15) is 11.6 Å². The molecule has 5 rings (SSSR count). The molecule has 7 heteroatoms. The number of rotatable bonds is 4. The molecule has 2 fully saturated rings. The van der Waals surface area contributed by atoms with Gasteiger partial charge in [-0.05, 0) is 54.9 Å². The fourth-order valence-corrected chi connectivity index (χ4v) is 5.70. The van der Waals surface area contributed by atoms with Gasteiger partial charge in [0.05, 0.1) is 0 Å². The number of hydrogen-bond donors (Lipinski definition) is 2. The number of hydrogen-bond acceptors (Lipinski definition) is 5. The zero-order valence-corrected chi connectivity index (χ0v) is 20.5. The van der Waals surface area contributed by atoms with Crippen molar-refractivity contribution in [3.05, 3.63) is 41.5 Å². The maximum Gasteiger partial charge on any atom is 0.232 e. The number of aromatic nitrogens is 2. The van der Waals surface area contributed by atoms with Gasteiger partial charge in [0.2, 0.25) is 5.95 Å². The molecule has 176 valence electrons. The minimum Gasteiger partial charge on any atom is -0.360 e. The van der Waals surface area contributed by atoms with Crippen molar-refractivity contribution in [3.8, 4) is 0 Å². The number of anilines is 3. The van der Waals surface area contributed by atoms with Crippen molar-refractivity contribution < 1.29 is 0 Å². The zero-order chi connectivity index (χ0) is 22.6. The Bertz CT molecular complexity index is 946. The summed E-state index contributed by atoms with van der Waals surface area (Å²) >= 11 is 5.68. The lowest BCUT2D eigenvalue weighted by Crippen LogP contribution is -2.38. The molecule has 1 aromatic carbocycles. The second-order valence-electron chi connectivity index (χ2n) is 10.0. The van der Waals surface area contributed by atoms with Gasteiger partial charge in [-0.1, -0.05) is 56.9 Å². The Morgan fingerprint density at radius 3 is 2.24 bits per heavy atom. The van der Waals surface area contributed by atoms with Gasteiger partial charge < -0.3 is 20.4 Å². The van der Waals surface area contributed by atoms with Crippen LogP contribution in [0.2, 0.25) is 0 Å². The molecule has 3 heterocycles. The lowest BCUT2D eigenvalue weighted by molar-refractivity contribution is 0.444. The normalized spacial score (nSPS) is 21.4. The average molecular weight is 465 g/mol. The van der Waals surface area contributed by atoms with E-state index in [1.165, 1.54) is 62.5 Å². The Morgan fingerprint density at radius 1 is 0.909 bits per heavy atom. The lowest BCUT2D eigenvalue weighted by atomic mass is 10.0. The molecule has 1 aromatic heterocycles. The largest absolute Gasteiger partial charge is 0.360 e. The molecule has 3 aliphatic rings. The summed E-state index contributed by atoms with van der Waals surface area (Å²) in [4.78, 5) is 14.6. The van der Waals surface area contributed by atoms with Crippen LogP contribution in [-0.2, 0) is 13.1 Å². The van der Waals surface area contributed by atoms with Gasteiger partial charge in [0.25, 0.3) is 0 Å². The third-order valence-corrected chi connectivity index (χ3v) is 7.48. The molecule has 1 atom stereocenters. The molecule has 1 saturated heterocycles. The van der Waals surface area contributed by atoms with Crippen LogP contribution in [0.1, 0.15) is 69.4 Å². The number of piperidine rings is 1. The Labute approximate surface area is 203 Å². The SMILES string of the molecule is C[C@H]1CCCN(c2cc(N3Cc4ccccc4C3)nc(NC(=S)NC3CCCCCC3)n2)C1. The molecule has 2 aromatic rings. The summed E-state index contributed by atoms with van der Waals surface area (Å²) in [6.07, 6.45) is 10.1. The van der Waals surface area contributed by atoms with E-state index in [-0.39, 0.29) is 0 Å². The Balaban J connectivity index is 1.36. The highest BCUT2D eigenvalue weighted by molar-refractivity contribution is 7.80. The minimum absolute atomic E-state index is 0.450. The number of nitrogens with one attached hydrogen (secondary N) is 2. The zero-order valence-electron chi connectivity index (χ0n) is 19.7. The fourth-order valence-electron chi connectivity index (χ4n) is 5.44. The summed E-state index contributed by atoms with van der Waals surface area (Å²) in [7, 11) is 0. The molecule has 0 unspecified atom stereocenters. The van der Waals surface area contributed by atoms with Gasteiger partial charge in [0, 0.05) is 38.3 Å². The first-order valence-corrected chi connectivity index (χ1v) is 13.1. The van der Waals surface area contributed by atoms with Crippen LogP contribution in [-0.4, -0.2) is 34.2 Å². The summed E-state index contributed by atoms with van der Waals surface area (Å²) in [6, 6.07) is 11.3. The molecule has 0 amide bonds. The van der Waals surface area contributed by atoms with E-state index in [4.69, 9.17) is 22.2 Å². The maximum atomic E-state index is 5.68. The van der Waals surface area contributed by atoms with Crippen molar-refractivity contribution in [2.45, 2.75) is 77.4 Å². The number of nitrogens with zero attached hydrogens (tertiary/aromatic N) is 4. The van der Waals surface area contributed by atoms with Crippen LogP contribution >= 0.6 is 12.2 Å². The molecule has 6 nitrogen and oxygen atoms in total. The number of benzene rings is 1. The van der Waals surface area contributed by atoms with Gasteiger partial charge in [-0.25, -0.2) is 0 Å². The van der Waals surface area contributed by atoms with Crippen LogP contribution in [0.15, 0.2) is 30.3 Å². The van der Waals surface area contributed by atoms with Crippen LogP contribution in [0.25, 0.3) is 0 Å². The van der Waals surface area contributed by atoms with E-state index in [1.54, 1.807) is 0 Å². The molecule has 1 saturated carbocycles. The van der Waals surface area contributed by atoms with Crippen LogP contribution in [0.3, 0.4) is 0 Å². The topological polar surface area (TPSA) is 56.3 Å². The molecule has 2 N–H and O–H groups in total. The Hall–Kier alpha value is -2.41. The van der Waals surface area contributed by atoms with E-state index in [2.05, 4.69) is 57.7 Å². The molecule has 33 heavy (non-hydrogen) atoms. The van der Waals surface area contributed by atoms with Gasteiger partial charge >= 0.3 is 0 Å². The van der Waals surface area contributed by atoms with Gasteiger partial charge in [-0.3, -0.25) is 0 Å². The van der Waals surface area contributed by atoms with E-state index in [0.29, 0.717) is 23.0 Å². The summed E-state index contributed by atoms with van der Waals surface area (Å²) in [6.45, 7) is 6.18. The summed E-state index contributed by atoms with van der Waals surface area (Å²) in [5.74, 6) is 3.25. The van der Waals surface area contributed by atoms with E-state index in [0.717, 1.165) is 37.8 Å². The van der Waals surface area contributed by atoms with E-state index >= 15 is 0 Å². The quantitative estimate of drug-likeness (QED) is 0.474. The molecular formula is C26H36N6S. The molecular weight excluding hydrogens is 428 g/mol. The van der Waals surface area contributed by atoms with Crippen LogP contribution in [0.4, 0.5) is 17.6 Å². The lowest BCUT2D eigenvalue weighted by Gasteiger charge is -2.32. The van der Waals surface area contributed by atoms with Crippen molar-refractivity contribution in [1.82, 2.24) is 15.3 Å². The summed E-state index contributed by atoms with van der Waals surface area (Å²) < 4.78 is 0. The molecule has 0 radical (unpaired) electrons. The monoisotopic (exact) mass is 464 g/mol. The molecule has 0 spiro atoms. The Morgan fingerprint density at radius 2 is 1.58 bits per heavy atom. The predicted octanol–water partition coefficient (Wildman–Crippen LogP) is 5.24. The summed E-state index contributed by atoms with van der Waals surface area (Å²) in [5.41, 5.74) is 2.76. The highest BCUT2D eigenvalue weighted by Crippen LogP contribution is 2.31. The smallest absolute Gasteiger partial charge is 0.232 e. The number of fused-ring (bicyclic) bond motifs is 1. The standard InChI is InChI=1S/C26H36N6S/c1-19-9-8-14-31(16-19)23-15-24(32-17-20-10-6-7-11-21(20)18-32)29-25(28-23)30-26(33)27-22-12-4-2-3-5-13-22/h6-7,10-11,15,19,22H,2-5,8-9,12-14,16-18H2,1H3,(H2,27,28,29,30,33)/t19-/m0/s1. The van der Waals surface area contributed by atoms with E-state index in [1.807, 2.05) is 0 Å². The van der Waals surface area contributed by atoms with Gasteiger partial charge in [-0.2, -0.15) is 9.97 Å². The van der Waals surface area contributed by atoms with Crippen LogP contribution < -0.4 is 20.4 Å². The highest BCUT2D eigenvalue weighted by Gasteiger charge is 2.24. The number of thiocarbonyl (C=S) groups is 1.